The first kappa shape index (κ1) is 15.6. The molecular weight excluding hydrogens is 316 g/mol. The van der Waals surface area contributed by atoms with E-state index in [1.807, 2.05) is 35.0 Å². The minimum Gasteiger partial charge on any atom is -0.493 e. The zero-order chi connectivity index (χ0) is 17.4. The summed E-state index contributed by atoms with van der Waals surface area (Å²) in [4.78, 5) is 17.1. The number of hydrogen-bond donors (Lipinski definition) is 1. The first-order chi connectivity index (χ1) is 12.1. The second-order valence-electron chi connectivity index (χ2n) is 6.52. The number of benzene rings is 1. The molecule has 25 heavy (non-hydrogen) atoms. The number of amides is 1. The first-order valence-electron chi connectivity index (χ1n) is 8.49. The molecule has 0 aliphatic carbocycles. The number of aromatic nitrogens is 3. The van der Waals surface area contributed by atoms with Crippen LogP contribution in [0.4, 0.5) is 0 Å². The van der Waals surface area contributed by atoms with E-state index in [4.69, 9.17) is 4.74 Å². The van der Waals surface area contributed by atoms with Crippen LogP contribution in [0.15, 0.2) is 42.7 Å². The Morgan fingerprint density at radius 3 is 3.00 bits per heavy atom. The summed E-state index contributed by atoms with van der Waals surface area (Å²) in [6.07, 6.45) is 4.12. The maximum absolute atomic E-state index is 12.7. The average molecular weight is 336 g/mol. The second-order valence-corrected chi connectivity index (χ2v) is 6.52. The molecule has 0 fully saturated rings. The number of para-hydroxylation sites is 1. The molecule has 3 heterocycles. The smallest absolute Gasteiger partial charge is 0.253 e. The highest BCUT2D eigenvalue weighted by atomic mass is 16.5. The molecule has 0 saturated carbocycles. The number of rotatable bonds is 3. The minimum absolute atomic E-state index is 0.0495. The molecule has 128 valence electrons. The number of carbonyl (C=O) groups excluding carboxylic acids is 1. The van der Waals surface area contributed by atoms with E-state index in [0.717, 1.165) is 28.8 Å². The summed E-state index contributed by atoms with van der Waals surface area (Å²) in [5.41, 5.74) is 2.35. The zero-order valence-corrected chi connectivity index (χ0v) is 14.3. The Morgan fingerprint density at radius 1 is 1.32 bits per heavy atom. The first-order valence-corrected chi connectivity index (χ1v) is 8.49. The van der Waals surface area contributed by atoms with Crippen molar-refractivity contribution in [1.29, 1.82) is 0 Å². The van der Waals surface area contributed by atoms with E-state index in [-0.39, 0.29) is 18.0 Å². The van der Waals surface area contributed by atoms with Crippen LogP contribution in [0.25, 0.3) is 11.0 Å². The van der Waals surface area contributed by atoms with Crippen LogP contribution in [0.3, 0.4) is 0 Å². The van der Waals surface area contributed by atoms with Gasteiger partial charge in [0, 0.05) is 29.6 Å². The third-order valence-corrected chi connectivity index (χ3v) is 4.45. The topological polar surface area (TPSA) is 69.0 Å². The van der Waals surface area contributed by atoms with Crippen molar-refractivity contribution in [3.8, 4) is 5.75 Å². The summed E-state index contributed by atoms with van der Waals surface area (Å²) in [5.74, 6) is 0.708. The molecule has 6 nitrogen and oxygen atoms in total. The third kappa shape index (κ3) is 2.84. The molecule has 0 radical (unpaired) electrons. The van der Waals surface area contributed by atoms with Crippen molar-refractivity contribution in [2.45, 2.75) is 32.4 Å². The van der Waals surface area contributed by atoms with Crippen molar-refractivity contribution in [3.05, 3.63) is 53.9 Å². The van der Waals surface area contributed by atoms with Gasteiger partial charge in [0.15, 0.2) is 5.65 Å². The van der Waals surface area contributed by atoms with Gasteiger partial charge in [0.25, 0.3) is 5.91 Å². The van der Waals surface area contributed by atoms with E-state index in [9.17, 15) is 4.79 Å². The van der Waals surface area contributed by atoms with Gasteiger partial charge in [0.2, 0.25) is 0 Å². The van der Waals surface area contributed by atoms with Crippen molar-refractivity contribution in [3.63, 3.8) is 0 Å². The molecular formula is C19H20N4O2. The predicted molar refractivity (Wildman–Crippen MR) is 94.7 cm³/mol. The Labute approximate surface area is 145 Å². The number of hydrogen-bond acceptors (Lipinski definition) is 4. The number of nitrogens with zero attached hydrogens (tertiary/aromatic N) is 3. The summed E-state index contributed by atoms with van der Waals surface area (Å²) >= 11 is 0. The molecule has 0 saturated heterocycles. The number of pyridine rings is 1. The predicted octanol–water partition coefficient (Wildman–Crippen LogP) is 3.27. The monoisotopic (exact) mass is 336 g/mol. The van der Waals surface area contributed by atoms with Crippen molar-refractivity contribution in [2.24, 2.45) is 0 Å². The highest BCUT2D eigenvalue weighted by Gasteiger charge is 2.23. The van der Waals surface area contributed by atoms with Gasteiger partial charge < -0.3 is 10.1 Å². The lowest BCUT2D eigenvalue weighted by atomic mass is 10.0. The second kappa shape index (κ2) is 6.20. The minimum atomic E-state index is -0.131. The van der Waals surface area contributed by atoms with Gasteiger partial charge in [-0.1, -0.05) is 18.2 Å². The fourth-order valence-corrected chi connectivity index (χ4v) is 3.18. The van der Waals surface area contributed by atoms with Gasteiger partial charge in [-0.15, -0.1) is 0 Å². The lowest BCUT2D eigenvalue weighted by molar-refractivity contribution is 0.0924. The van der Waals surface area contributed by atoms with Crippen LogP contribution in [0.1, 0.15) is 48.3 Å². The van der Waals surface area contributed by atoms with Crippen LogP contribution in [-0.2, 0) is 0 Å². The summed E-state index contributed by atoms with van der Waals surface area (Å²) in [6, 6.07) is 9.84. The standard InChI is InChI=1S/C19H20N4O2/c1-12(2)23-18-13(11-21-23)9-14(10-20-18)19(24)22-16-7-8-25-17-6-4-3-5-15(16)17/h3-6,9-12,16H,7-8H2,1-2H3,(H,22,24)/t16-/m1/s1. The molecule has 1 amide bonds. The third-order valence-electron chi connectivity index (χ3n) is 4.45. The van der Waals surface area contributed by atoms with Crippen LogP contribution in [0.2, 0.25) is 0 Å². The van der Waals surface area contributed by atoms with Crippen molar-refractivity contribution in [2.75, 3.05) is 6.61 Å². The lowest BCUT2D eigenvalue weighted by Gasteiger charge is -2.26. The van der Waals surface area contributed by atoms with Crippen molar-refractivity contribution < 1.29 is 9.53 Å². The molecule has 1 N–H and O–H groups in total. The van der Waals surface area contributed by atoms with E-state index in [1.165, 1.54) is 0 Å². The molecule has 1 aliphatic heterocycles. The largest absolute Gasteiger partial charge is 0.493 e. The lowest BCUT2D eigenvalue weighted by Crippen LogP contribution is -2.32. The van der Waals surface area contributed by atoms with Crippen molar-refractivity contribution in [1.82, 2.24) is 20.1 Å². The summed E-state index contributed by atoms with van der Waals surface area (Å²) in [6.45, 7) is 4.70. The van der Waals surface area contributed by atoms with Crippen LogP contribution >= 0.6 is 0 Å². The van der Waals surface area contributed by atoms with Crippen LogP contribution in [-0.4, -0.2) is 27.3 Å². The molecule has 0 unspecified atom stereocenters. The Hall–Kier alpha value is -2.89. The Bertz CT molecular complexity index is 932. The highest BCUT2D eigenvalue weighted by molar-refractivity contribution is 5.97. The molecule has 1 atom stereocenters. The molecule has 4 rings (SSSR count). The fourth-order valence-electron chi connectivity index (χ4n) is 3.18. The van der Waals surface area contributed by atoms with Gasteiger partial charge in [0.05, 0.1) is 24.4 Å². The van der Waals surface area contributed by atoms with Gasteiger partial charge in [-0.3, -0.25) is 4.79 Å². The van der Waals surface area contributed by atoms with E-state index in [2.05, 4.69) is 29.2 Å². The number of fused-ring (bicyclic) bond motifs is 2. The van der Waals surface area contributed by atoms with Crippen LogP contribution in [0, 0.1) is 0 Å². The summed E-state index contributed by atoms with van der Waals surface area (Å²) < 4.78 is 7.50. The van der Waals surface area contributed by atoms with Gasteiger partial charge >= 0.3 is 0 Å². The van der Waals surface area contributed by atoms with E-state index < -0.39 is 0 Å². The van der Waals surface area contributed by atoms with Crippen LogP contribution < -0.4 is 10.1 Å². The van der Waals surface area contributed by atoms with E-state index in [0.29, 0.717) is 12.2 Å². The maximum Gasteiger partial charge on any atom is 0.253 e. The quantitative estimate of drug-likeness (QED) is 0.797. The molecule has 6 heteroatoms. The molecule has 0 spiro atoms. The summed E-state index contributed by atoms with van der Waals surface area (Å²) in [7, 11) is 0. The molecule has 0 bridgehead atoms. The Morgan fingerprint density at radius 2 is 2.16 bits per heavy atom. The molecule has 1 aromatic carbocycles. The Balaban J connectivity index is 1.59. The maximum atomic E-state index is 12.7. The summed E-state index contributed by atoms with van der Waals surface area (Å²) in [5, 5.41) is 8.32. The zero-order valence-electron chi connectivity index (χ0n) is 14.3. The highest BCUT2D eigenvalue weighted by Crippen LogP contribution is 2.31. The molecule has 2 aromatic heterocycles. The molecule has 3 aromatic rings. The van der Waals surface area contributed by atoms with E-state index >= 15 is 0 Å². The number of carbonyl (C=O) groups is 1. The van der Waals surface area contributed by atoms with Crippen molar-refractivity contribution >= 4 is 16.9 Å². The van der Waals surface area contributed by atoms with Gasteiger partial charge in [-0.05, 0) is 26.0 Å². The Kier molecular flexibility index (Phi) is 3.87. The average Bonchev–Trinajstić information content (AvgIpc) is 3.05. The fraction of sp³-hybridized carbons (Fsp3) is 0.316. The van der Waals surface area contributed by atoms with E-state index in [1.54, 1.807) is 12.4 Å². The number of nitrogens with one attached hydrogen (secondary N) is 1. The SMILES string of the molecule is CC(C)n1ncc2cc(C(=O)N[C@@H]3CCOc4ccccc43)cnc21. The normalized spacial score (nSPS) is 16.5. The van der Waals surface area contributed by atoms with Gasteiger partial charge in [0.1, 0.15) is 5.75 Å². The molecule has 1 aliphatic rings. The van der Waals surface area contributed by atoms with Crippen LogP contribution in [0.5, 0.6) is 5.75 Å². The van der Waals surface area contributed by atoms with Gasteiger partial charge in [-0.2, -0.15) is 5.10 Å². The van der Waals surface area contributed by atoms with Gasteiger partial charge in [-0.25, -0.2) is 9.67 Å². The number of ether oxygens (including phenoxy) is 1.